The molecular formula is C13H20O2. The molecule has 0 aromatic carbocycles. The fourth-order valence-electron chi connectivity index (χ4n) is 3.87. The van der Waals surface area contributed by atoms with E-state index in [9.17, 15) is 0 Å². The fraction of sp³-hybridized carbons (Fsp3) is 1.00. The molecule has 2 heterocycles. The van der Waals surface area contributed by atoms with E-state index in [-0.39, 0.29) is 0 Å². The first-order valence-electron chi connectivity index (χ1n) is 6.69. The first-order chi connectivity index (χ1) is 7.38. The summed E-state index contributed by atoms with van der Waals surface area (Å²) in [5.74, 6) is 1.93. The summed E-state index contributed by atoms with van der Waals surface area (Å²) < 4.78 is 11.2. The molecule has 0 aromatic heterocycles. The van der Waals surface area contributed by atoms with Crippen molar-refractivity contribution >= 4 is 0 Å². The summed E-state index contributed by atoms with van der Waals surface area (Å²) in [6.07, 6.45) is 12.4. The molecule has 2 saturated heterocycles. The predicted octanol–water partition coefficient (Wildman–Crippen LogP) is 2.51. The van der Waals surface area contributed by atoms with Gasteiger partial charge in [-0.3, -0.25) is 0 Å². The van der Waals surface area contributed by atoms with E-state index in [0.717, 1.165) is 11.8 Å². The molecule has 6 atom stereocenters. The number of hydrogen-bond acceptors (Lipinski definition) is 2. The van der Waals surface area contributed by atoms with Gasteiger partial charge < -0.3 is 9.47 Å². The monoisotopic (exact) mass is 208 g/mol. The molecule has 2 heteroatoms. The quantitative estimate of drug-likeness (QED) is 0.651. The van der Waals surface area contributed by atoms with Crippen molar-refractivity contribution in [2.45, 2.75) is 69.4 Å². The van der Waals surface area contributed by atoms with Gasteiger partial charge in [0.2, 0.25) is 0 Å². The normalized spacial score (nSPS) is 56.8. The minimum absolute atomic E-state index is 0.664. The largest absolute Gasteiger partial charge is 0.370 e. The van der Waals surface area contributed by atoms with Crippen molar-refractivity contribution in [2.75, 3.05) is 0 Å². The average Bonchev–Trinajstić information content (AvgIpc) is 3.11. The van der Waals surface area contributed by atoms with Crippen LogP contribution in [0.25, 0.3) is 0 Å². The Balaban J connectivity index is 1.31. The Bertz CT molecular complexity index is 239. The molecule has 0 aromatic rings. The molecule has 4 rings (SSSR count). The van der Waals surface area contributed by atoms with Gasteiger partial charge in [0.15, 0.2) is 0 Å². The van der Waals surface area contributed by atoms with Gasteiger partial charge in [-0.2, -0.15) is 0 Å². The molecule has 84 valence electrons. The van der Waals surface area contributed by atoms with Crippen LogP contribution in [0.1, 0.15) is 44.9 Å². The van der Waals surface area contributed by atoms with E-state index in [2.05, 4.69) is 0 Å². The summed E-state index contributed by atoms with van der Waals surface area (Å²) >= 11 is 0. The van der Waals surface area contributed by atoms with E-state index in [1.807, 2.05) is 0 Å². The van der Waals surface area contributed by atoms with E-state index < -0.39 is 0 Å². The zero-order chi connectivity index (χ0) is 9.83. The summed E-state index contributed by atoms with van der Waals surface area (Å²) in [5, 5.41) is 0. The third-order valence-corrected chi connectivity index (χ3v) is 4.89. The number of fused-ring (bicyclic) bond motifs is 2. The Morgan fingerprint density at radius 1 is 0.667 bits per heavy atom. The molecule has 2 aliphatic carbocycles. The zero-order valence-electron chi connectivity index (χ0n) is 9.23. The molecule has 15 heavy (non-hydrogen) atoms. The van der Waals surface area contributed by atoms with Crippen molar-refractivity contribution in [1.82, 2.24) is 0 Å². The Hall–Kier alpha value is -0.0800. The van der Waals surface area contributed by atoms with Crippen molar-refractivity contribution in [1.29, 1.82) is 0 Å². The average molecular weight is 208 g/mol. The summed E-state index contributed by atoms with van der Waals surface area (Å²) in [5.41, 5.74) is 0. The Morgan fingerprint density at radius 3 is 1.67 bits per heavy atom. The first-order valence-corrected chi connectivity index (χ1v) is 6.69. The molecule has 0 amide bonds. The van der Waals surface area contributed by atoms with Crippen molar-refractivity contribution in [3.05, 3.63) is 0 Å². The molecule has 2 nitrogen and oxygen atoms in total. The maximum Gasteiger partial charge on any atom is 0.0844 e. The molecule has 4 aliphatic rings. The maximum atomic E-state index is 5.60. The lowest BCUT2D eigenvalue weighted by Crippen LogP contribution is -2.20. The van der Waals surface area contributed by atoms with Gasteiger partial charge in [-0.05, 0) is 56.8 Å². The topological polar surface area (TPSA) is 25.1 Å². The standard InChI is InChI=1S/C13H20O2/c1-3-10-12(14-10)6-8(1)5-9-2-4-11-13(7-9)15-11/h8-13H,1-7H2. The summed E-state index contributed by atoms with van der Waals surface area (Å²) in [7, 11) is 0. The van der Waals surface area contributed by atoms with Gasteiger partial charge >= 0.3 is 0 Å². The van der Waals surface area contributed by atoms with E-state index in [0.29, 0.717) is 24.4 Å². The second kappa shape index (κ2) is 3.21. The van der Waals surface area contributed by atoms with Crippen LogP contribution < -0.4 is 0 Å². The van der Waals surface area contributed by atoms with E-state index in [1.54, 1.807) is 0 Å². The minimum Gasteiger partial charge on any atom is -0.370 e. The smallest absolute Gasteiger partial charge is 0.0844 e. The van der Waals surface area contributed by atoms with Gasteiger partial charge in [0.05, 0.1) is 24.4 Å². The van der Waals surface area contributed by atoms with Crippen LogP contribution in [0, 0.1) is 11.8 Å². The molecule has 0 spiro atoms. The van der Waals surface area contributed by atoms with E-state index in [4.69, 9.17) is 9.47 Å². The van der Waals surface area contributed by atoms with Crippen LogP contribution in [0.2, 0.25) is 0 Å². The third kappa shape index (κ3) is 1.72. The molecule has 4 fully saturated rings. The predicted molar refractivity (Wildman–Crippen MR) is 56.6 cm³/mol. The van der Waals surface area contributed by atoms with Crippen LogP contribution in [0.4, 0.5) is 0 Å². The Morgan fingerprint density at radius 2 is 1.20 bits per heavy atom. The second-order valence-electron chi connectivity index (χ2n) is 6.02. The van der Waals surface area contributed by atoms with Crippen LogP contribution in [0.3, 0.4) is 0 Å². The van der Waals surface area contributed by atoms with Gasteiger partial charge in [-0.15, -0.1) is 0 Å². The summed E-state index contributed by atoms with van der Waals surface area (Å²) in [6.45, 7) is 0. The SMILES string of the molecule is C1CC2OC2CC1CC1CCC2OC2C1. The van der Waals surface area contributed by atoms with Crippen molar-refractivity contribution in [3.8, 4) is 0 Å². The van der Waals surface area contributed by atoms with Gasteiger partial charge in [0.1, 0.15) is 0 Å². The number of epoxide rings is 2. The number of hydrogen-bond donors (Lipinski definition) is 0. The lowest BCUT2D eigenvalue weighted by Gasteiger charge is -2.26. The molecule has 2 aliphatic heterocycles. The zero-order valence-corrected chi connectivity index (χ0v) is 9.23. The number of rotatable bonds is 2. The van der Waals surface area contributed by atoms with Crippen molar-refractivity contribution in [3.63, 3.8) is 0 Å². The Kier molecular flexibility index (Phi) is 1.92. The molecular weight excluding hydrogens is 188 g/mol. The van der Waals surface area contributed by atoms with Gasteiger partial charge in [-0.25, -0.2) is 0 Å². The van der Waals surface area contributed by atoms with Crippen LogP contribution in [0.15, 0.2) is 0 Å². The van der Waals surface area contributed by atoms with Gasteiger partial charge in [0.25, 0.3) is 0 Å². The minimum atomic E-state index is 0.664. The summed E-state index contributed by atoms with van der Waals surface area (Å²) in [6, 6.07) is 0. The van der Waals surface area contributed by atoms with E-state index >= 15 is 0 Å². The molecule has 0 radical (unpaired) electrons. The molecule has 0 N–H and O–H groups in total. The molecule has 6 unspecified atom stereocenters. The lowest BCUT2D eigenvalue weighted by atomic mass is 9.78. The van der Waals surface area contributed by atoms with E-state index in [1.165, 1.54) is 44.9 Å². The summed E-state index contributed by atoms with van der Waals surface area (Å²) in [4.78, 5) is 0. The van der Waals surface area contributed by atoms with Crippen molar-refractivity contribution in [2.24, 2.45) is 11.8 Å². The second-order valence-corrected chi connectivity index (χ2v) is 6.02. The third-order valence-electron chi connectivity index (χ3n) is 4.89. The van der Waals surface area contributed by atoms with Gasteiger partial charge in [0, 0.05) is 0 Å². The highest BCUT2D eigenvalue weighted by atomic mass is 16.6. The molecule has 0 bridgehead atoms. The van der Waals surface area contributed by atoms with Crippen LogP contribution in [-0.4, -0.2) is 24.4 Å². The van der Waals surface area contributed by atoms with Gasteiger partial charge in [-0.1, -0.05) is 0 Å². The highest BCUT2D eigenvalue weighted by molar-refractivity contribution is 4.95. The first kappa shape index (κ1) is 9.00. The lowest BCUT2D eigenvalue weighted by molar-refractivity contribution is 0.264. The highest BCUT2D eigenvalue weighted by Gasteiger charge is 2.47. The van der Waals surface area contributed by atoms with Crippen molar-refractivity contribution < 1.29 is 9.47 Å². The van der Waals surface area contributed by atoms with Crippen LogP contribution in [0.5, 0.6) is 0 Å². The maximum absolute atomic E-state index is 5.60. The number of ether oxygens (including phenoxy) is 2. The Labute approximate surface area is 91.3 Å². The molecule has 2 saturated carbocycles. The highest BCUT2D eigenvalue weighted by Crippen LogP contribution is 2.46. The fourth-order valence-corrected chi connectivity index (χ4v) is 3.87. The van der Waals surface area contributed by atoms with Crippen LogP contribution in [-0.2, 0) is 9.47 Å². The van der Waals surface area contributed by atoms with Crippen LogP contribution >= 0.6 is 0 Å².